The Labute approximate surface area is 178 Å². The number of alkyl halides is 2. The quantitative estimate of drug-likeness (QED) is 0.466. The lowest BCUT2D eigenvalue weighted by Gasteiger charge is -2.40. The largest absolute Gasteiger partial charge is 0.497 e. The van der Waals surface area contributed by atoms with Crippen molar-refractivity contribution in [1.82, 2.24) is 20.4 Å². The van der Waals surface area contributed by atoms with Gasteiger partial charge in [-0.05, 0) is 31.2 Å². The van der Waals surface area contributed by atoms with E-state index in [2.05, 4.69) is 51.1 Å². The van der Waals surface area contributed by atoms with Crippen LogP contribution in [0.15, 0.2) is 23.2 Å². The molecule has 9 heteroatoms. The average molecular weight is 428 g/mol. The van der Waals surface area contributed by atoms with Gasteiger partial charge >= 0.3 is 6.61 Å². The molecule has 1 aliphatic rings. The Morgan fingerprint density at radius 1 is 1.17 bits per heavy atom. The standard InChI is InChI=1S/C21H35F2N5O2/c1-15(2)18(28-10-8-27(4)9-11-28)14-26-21(24-3)25-13-16-12-17(29-5)6-7-19(16)30-20(22)23/h6-7,12,15,18,20H,8-11,13-14H2,1-5H3,(H2,24,25,26). The van der Waals surface area contributed by atoms with Crippen molar-refractivity contribution in [3.8, 4) is 11.5 Å². The van der Waals surface area contributed by atoms with Gasteiger partial charge in [0.2, 0.25) is 0 Å². The van der Waals surface area contributed by atoms with Gasteiger partial charge < -0.3 is 25.0 Å². The lowest BCUT2D eigenvalue weighted by atomic mass is 10.0. The van der Waals surface area contributed by atoms with Crippen LogP contribution in [0.3, 0.4) is 0 Å². The summed E-state index contributed by atoms with van der Waals surface area (Å²) in [6.07, 6.45) is 0. The molecule has 0 radical (unpaired) electrons. The lowest BCUT2D eigenvalue weighted by Crippen LogP contribution is -2.55. The monoisotopic (exact) mass is 427 g/mol. The van der Waals surface area contributed by atoms with E-state index in [1.54, 1.807) is 19.2 Å². The number of guanidine groups is 1. The lowest BCUT2D eigenvalue weighted by molar-refractivity contribution is -0.0504. The summed E-state index contributed by atoms with van der Waals surface area (Å²) in [5.41, 5.74) is 0.567. The summed E-state index contributed by atoms with van der Waals surface area (Å²) in [4.78, 5) is 9.13. The van der Waals surface area contributed by atoms with E-state index in [1.165, 1.54) is 13.2 Å². The van der Waals surface area contributed by atoms with Gasteiger partial charge in [0.15, 0.2) is 5.96 Å². The Hall–Kier alpha value is -2.13. The predicted octanol–water partition coefficient (Wildman–Crippen LogP) is 2.23. The highest BCUT2D eigenvalue weighted by Crippen LogP contribution is 2.25. The first-order valence-corrected chi connectivity index (χ1v) is 10.3. The fourth-order valence-corrected chi connectivity index (χ4v) is 3.57. The number of halogens is 2. The summed E-state index contributed by atoms with van der Waals surface area (Å²) in [6, 6.07) is 5.14. The molecule has 7 nitrogen and oxygen atoms in total. The van der Waals surface area contributed by atoms with Crippen LogP contribution in [0.1, 0.15) is 19.4 Å². The molecule has 170 valence electrons. The minimum Gasteiger partial charge on any atom is -0.497 e. The molecule has 1 fully saturated rings. The molecule has 0 spiro atoms. The molecule has 30 heavy (non-hydrogen) atoms. The van der Waals surface area contributed by atoms with Gasteiger partial charge in [-0.25, -0.2) is 0 Å². The summed E-state index contributed by atoms with van der Waals surface area (Å²) < 4.78 is 35.3. The van der Waals surface area contributed by atoms with Crippen LogP contribution in [0, 0.1) is 5.92 Å². The van der Waals surface area contributed by atoms with Crippen LogP contribution in [0.25, 0.3) is 0 Å². The molecule has 0 bridgehead atoms. The molecule has 1 saturated heterocycles. The van der Waals surface area contributed by atoms with Gasteiger partial charge in [-0.2, -0.15) is 8.78 Å². The summed E-state index contributed by atoms with van der Waals surface area (Å²) in [5, 5.41) is 6.57. The predicted molar refractivity (Wildman–Crippen MR) is 116 cm³/mol. The average Bonchev–Trinajstić information content (AvgIpc) is 2.71. The first-order chi connectivity index (χ1) is 14.3. The molecule has 1 aromatic carbocycles. The van der Waals surface area contributed by atoms with E-state index in [4.69, 9.17) is 4.74 Å². The summed E-state index contributed by atoms with van der Waals surface area (Å²) >= 11 is 0. The number of nitrogens with one attached hydrogen (secondary N) is 2. The second-order valence-electron chi connectivity index (χ2n) is 7.81. The Morgan fingerprint density at radius 3 is 2.43 bits per heavy atom. The van der Waals surface area contributed by atoms with E-state index in [0.29, 0.717) is 29.2 Å². The van der Waals surface area contributed by atoms with Gasteiger partial charge in [0.1, 0.15) is 11.5 Å². The molecular weight excluding hydrogens is 392 g/mol. The van der Waals surface area contributed by atoms with Crippen molar-refractivity contribution < 1.29 is 18.3 Å². The van der Waals surface area contributed by atoms with Crippen LogP contribution >= 0.6 is 0 Å². The number of piperazine rings is 1. The highest BCUT2D eigenvalue weighted by molar-refractivity contribution is 5.79. The number of ether oxygens (including phenoxy) is 2. The number of likely N-dealkylation sites (N-methyl/N-ethyl adjacent to an activating group) is 1. The number of hydrogen-bond acceptors (Lipinski definition) is 5. The van der Waals surface area contributed by atoms with Gasteiger partial charge in [-0.15, -0.1) is 0 Å². The highest BCUT2D eigenvalue weighted by atomic mass is 19.3. The van der Waals surface area contributed by atoms with E-state index in [1.807, 2.05) is 0 Å². The highest BCUT2D eigenvalue weighted by Gasteiger charge is 2.25. The van der Waals surface area contributed by atoms with E-state index >= 15 is 0 Å². The van der Waals surface area contributed by atoms with E-state index in [-0.39, 0.29) is 12.3 Å². The number of methoxy groups -OCH3 is 1. The fraction of sp³-hybridized carbons (Fsp3) is 0.667. The van der Waals surface area contributed by atoms with Gasteiger partial charge in [0.25, 0.3) is 0 Å². The Bertz CT molecular complexity index is 679. The molecular formula is C21H35F2N5O2. The molecule has 2 rings (SSSR count). The normalized spacial score (nSPS) is 17.3. The maximum atomic E-state index is 12.7. The van der Waals surface area contributed by atoms with Crippen molar-refractivity contribution in [3.05, 3.63) is 23.8 Å². The van der Waals surface area contributed by atoms with Gasteiger partial charge in [-0.3, -0.25) is 9.89 Å². The second kappa shape index (κ2) is 11.9. The van der Waals surface area contributed by atoms with E-state index in [9.17, 15) is 8.78 Å². The summed E-state index contributed by atoms with van der Waals surface area (Å²) in [7, 11) is 5.37. The van der Waals surface area contributed by atoms with Crippen molar-refractivity contribution >= 4 is 5.96 Å². The Balaban J connectivity index is 1.97. The third-order valence-corrected chi connectivity index (χ3v) is 5.41. The Kier molecular flexibility index (Phi) is 9.58. The molecule has 1 aliphatic heterocycles. The number of aliphatic imine (C=N–C) groups is 1. The first-order valence-electron chi connectivity index (χ1n) is 10.3. The van der Waals surface area contributed by atoms with Crippen molar-refractivity contribution in [3.63, 3.8) is 0 Å². The van der Waals surface area contributed by atoms with Crippen LogP contribution in [0.2, 0.25) is 0 Å². The molecule has 0 aliphatic carbocycles. The van der Waals surface area contributed by atoms with Gasteiger partial charge in [0.05, 0.1) is 7.11 Å². The van der Waals surface area contributed by atoms with Crippen LogP contribution in [-0.2, 0) is 6.54 Å². The number of benzene rings is 1. The van der Waals surface area contributed by atoms with E-state index < -0.39 is 6.61 Å². The van der Waals surface area contributed by atoms with Gasteiger partial charge in [-0.1, -0.05) is 13.8 Å². The van der Waals surface area contributed by atoms with Crippen molar-refractivity contribution in [2.24, 2.45) is 10.9 Å². The van der Waals surface area contributed by atoms with Crippen molar-refractivity contribution in [1.29, 1.82) is 0 Å². The third kappa shape index (κ3) is 7.28. The van der Waals surface area contributed by atoms with Crippen molar-refractivity contribution in [2.45, 2.75) is 33.0 Å². The SMILES string of the molecule is CN=C(NCc1cc(OC)ccc1OC(F)F)NCC(C(C)C)N1CCN(C)CC1. The summed E-state index contributed by atoms with van der Waals surface area (Å²) in [6.45, 7) is 6.83. The second-order valence-corrected chi connectivity index (χ2v) is 7.81. The van der Waals surface area contributed by atoms with Crippen molar-refractivity contribution in [2.75, 3.05) is 53.9 Å². The van der Waals surface area contributed by atoms with Crippen LogP contribution in [0.4, 0.5) is 8.78 Å². The van der Waals surface area contributed by atoms with E-state index in [0.717, 1.165) is 32.7 Å². The number of hydrogen-bond donors (Lipinski definition) is 2. The zero-order valence-electron chi connectivity index (χ0n) is 18.6. The van der Waals surface area contributed by atoms with Crippen LogP contribution in [-0.4, -0.2) is 82.3 Å². The first kappa shape index (κ1) is 24.1. The fourth-order valence-electron chi connectivity index (χ4n) is 3.57. The molecule has 1 heterocycles. The molecule has 1 atom stereocenters. The minimum absolute atomic E-state index is 0.117. The number of rotatable bonds is 9. The third-order valence-electron chi connectivity index (χ3n) is 5.41. The molecule has 0 aromatic heterocycles. The summed E-state index contributed by atoms with van der Waals surface area (Å²) in [5.74, 6) is 1.79. The maximum Gasteiger partial charge on any atom is 0.387 e. The van der Waals surface area contributed by atoms with Crippen LogP contribution < -0.4 is 20.1 Å². The maximum absolute atomic E-state index is 12.7. The topological polar surface area (TPSA) is 61.4 Å². The zero-order chi connectivity index (χ0) is 22.1. The zero-order valence-corrected chi connectivity index (χ0v) is 18.6. The van der Waals surface area contributed by atoms with Crippen LogP contribution in [0.5, 0.6) is 11.5 Å². The molecule has 1 aromatic rings. The smallest absolute Gasteiger partial charge is 0.387 e. The number of nitrogens with zero attached hydrogens (tertiary/aromatic N) is 3. The molecule has 0 amide bonds. The Morgan fingerprint density at radius 2 is 1.87 bits per heavy atom. The molecule has 2 N–H and O–H groups in total. The molecule has 0 saturated carbocycles. The molecule has 1 unspecified atom stereocenters. The van der Waals surface area contributed by atoms with Gasteiger partial charge in [0, 0.05) is 57.9 Å². The minimum atomic E-state index is -2.88.